The summed E-state index contributed by atoms with van der Waals surface area (Å²) in [6.07, 6.45) is -3.25. The highest BCUT2D eigenvalue weighted by Crippen LogP contribution is 2.19. The van der Waals surface area contributed by atoms with Gasteiger partial charge < -0.3 is 15.4 Å². The number of likely N-dealkylation sites (tertiary alicyclic amines) is 1. The molecular formula is C15H28F3N3O2. The highest BCUT2D eigenvalue weighted by molar-refractivity contribution is 5.68. The highest BCUT2D eigenvalue weighted by atomic mass is 19.4. The third-order valence-electron chi connectivity index (χ3n) is 3.47. The number of nitrogens with zero attached hydrogens (tertiary/aromatic N) is 1. The van der Waals surface area contributed by atoms with Gasteiger partial charge in [-0.05, 0) is 53.6 Å². The zero-order valence-corrected chi connectivity index (χ0v) is 14.3. The minimum Gasteiger partial charge on any atom is -0.444 e. The van der Waals surface area contributed by atoms with E-state index < -0.39 is 24.4 Å². The lowest BCUT2D eigenvalue weighted by Gasteiger charge is -2.33. The van der Waals surface area contributed by atoms with Crippen LogP contribution in [-0.2, 0) is 4.74 Å². The molecule has 5 nitrogen and oxygen atoms in total. The number of carbonyl (C=O) groups is 1. The Morgan fingerprint density at radius 2 is 1.83 bits per heavy atom. The Labute approximate surface area is 135 Å². The van der Waals surface area contributed by atoms with Crippen LogP contribution in [0.5, 0.6) is 0 Å². The van der Waals surface area contributed by atoms with Gasteiger partial charge in [-0.15, -0.1) is 0 Å². The van der Waals surface area contributed by atoms with Crippen LogP contribution in [0.3, 0.4) is 0 Å². The smallest absolute Gasteiger partial charge is 0.407 e. The number of ether oxygens (including phenoxy) is 1. The van der Waals surface area contributed by atoms with Gasteiger partial charge in [0.15, 0.2) is 0 Å². The minimum absolute atomic E-state index is 0.113. The van der Waals surface area contributed by atoms with Crippen LogP contribution in [-0.4, -0.2) is 61.0 Å². The molecule has 0 spiro atoms. The molecule has 1 amide bonds. The zero-order chi connectivity index (χ0) is 17.7. The number of alkyl halides is 3. The molecule has 1 heterocycles. The summed E-state index contributed by atoms with van der Waals surface area (Å²) in [7, 11) is 0. The van der Waals surface area contributed by atoms with Crippen molar-refractivity contribution in [2.24, 2.45) is 0 Å². The van der Waals surface area contributed by atoms with Gasteiger partial charge in [-0.1, -0.05) is 0 Å². The van der Waals surface area contributed by atoms with E-state index in [1.807, 2.05) is 6.92 Å². The van der Waals surface area contributed by atoms with E-state index in [2.05, 4.69) is 10.6 Å². The number of amides is 1. The predicted molar refractivity (Wildman–Crippen MR) is 82.4 cm³/mol. The lowest BCUT2D eigenvalue weighted by Crippen LogP contribution is -2.49. The molecule has 0 aromatic heterocycles. The van der Waals surface area contributed by atoms with Crippen molar-refractivity contribution in [2.75, 3.05) is 26.2 Å². The maximum absolute atomic E-state index is 12.3. The van der Waals surface area contributed by atoms with Crippen LogP contribution in [0, 0.1) is 0 Å². The second kappa shape index (κ2) is 8.19. The first-order chi connectivity index (χ1) is 10.4. The molecule has 0 aromatic carbocycles. The van der Waals surface area contributed by atoms with E-state index in [0.29, 0.717) is 32.5 Å². The van der Waals surface area contributed by atoms with Crippen molar-refractivity contribution in [3.8, 4) is 0 Å². The summed E-state index contributed by atoms with van der Waals surface area (Å²) < 4.78 is 42.1. The van der Waals surface area contributed by atoms with Gasteiger partial charge in [-0.3, -0.25) is 4.90 Å². The Balaban J connectivity index is 2.20. The summed E-state index contributed by atoms with van der Waals surface area (Å²) in [5.74, 6) is 0. The van der Waals surface area contributed by atoms with Crippen LogP contribution < -0.4 is 10.6 Å². The minimum atomic E-state index is -4.13. The van der Waals surface area contributed by atoms with Gasteiger partial charge in [-0.25, -0.2) is 4.79 Å². The molecule has 0 saturated carbocycles. The van der Waals surface area contributed by atoms with Crippen LogP contribution in [0.4, 0.5) is 18.0 Å². The summed E-state index contributed by atoms with van der Waals surface area (Å²) in [4.78, 5) is 13.1. The third kappa shape index (κ3) is 9.65. The number of alkyl carbamates (subject to hydrolysis) is 1. The quantitative estimate of drug-likeness (QED) is 0.808. The van der Waals surface area contributed by atoms with Crippen molar-refractivity contribution in [2.45, 2.75) is 64.4 Å². The predicted octanol–water partition coefficient (Wildman–Crippen LogP) is 2.52. The molecule has 2 N–H and O–H groups in total. The highest BCUT2D eigenvalue weighted by Gasteiger charge is 2.32. The Morgan fingerprint density at radius 1 is 1.26 bits per heavy atom. The molecule has 0 radical (unpaired) electrons. The van der Waals surface area contributed by atoms with Crippen LogP contribution in [0.25, 0.3) is 0 Å². The van der Waals surface area contributed by atoms with Crippen LogP contribution >= 0.6 is 0 Å². The van der Waals surface area contributed by atoms with Gasteiger partial charge in [0.25, 0.3) is 0 Å². The maximum atomic E-state index is 12.3. The fraction of sp³-hybridized carbons (Fsp3) is 0.933. The van der Waals surface area contributed by atoms with E-state index in [1.54, 1.807) is 20.8 Å². The summed E-state index contributed by atoms with van der Waals surface area (Å²) in [6.45, 7) is 7.84. The normalized spacial score (nSPS) is 19.4. The summed E-state index contributed by atoms with van der Waals surface area (Å²) in [5, 5.41) is 6.03. The maximum Gasteiger partial charge on any atom is 0.407 e. The lowest BCUT2D eigenvalue weighted by molar-refractivity contribution is -0.148. The lowest BCUT2D eigenvalue weighted by atomic mass is 10.0. The number of nitrogens with one attached hydrogen (secondary N) is 2. The monoisotopic (exact) mass is 339 g/mol. The van der Waals surface area contributed by atoms with Gasteiger partial charge in [-0.2, -0.15) is 13.2 Å². The van der Waals surface area contributed by atoms with Crippen molar-refractivity contribution >= 4 is 6.09 Å². The number of hydrogen-bond acceptors (Lipinski definition) is 4. The Morgan fingerprint density at radius 3 is 2.30 bits per heavy atom. The summed E-state index contributed by atoms with van der Waals surface area (Å²) in [5.41, 5.74) is -0.539. The van der Waals surface area contributed by atoms with Crippen molar-refractivity contribution in [3.63, 3.8) is 0 Å². The fourth-order valence-corrected chi connectivity index (χ4v) is 2.45. The van der Waals surface area contributed by atoms with E-state index in [4.69, 9.17) is 4.74 Å². The van der Waals surface area contributed by atoms with Gasteiger partial charge in [0.05, 0.1) is 6.54 Å². The molecule has 1 fully saturated rings. The summed E-state index contributed by atoms with van der Waals surface area (Å²) in [6, 6.07) is 0.0698. The second-order valence-electron chi connectivity index (χ2n) is 7.12. The van der Waals surface area contributed by atoms with Crippen LogP contribution in [0.15, 0.2) is 0 Å². The Bertz CT molecular complexity index is 375. The fourth-order valence-electron chi connectivity index (χ4n) is 2.45. The molecule has 0 bridgehead atoms. The molecule has 8 heteroatoms. The van der Waals surface area contributed by atoms with Crippen molar-refractivity contribution in [1.29, 1.82) is 0 Å². The second-order valence-corrected chi connectivity index (χ2v) is 7.12. The number of hydrogen-bond donors (Lipinski definition) is 2. The van der Waals surface area contributed by atoms with E-state index in [9.17, 15) is 18.0 Å². The molecule has 0 aliphatic carbocycles. The summed E-state index contributed by atoms with van der Waals surface area (Å²) >= 11 is 0. The number of carbonyl (C=O) groups excluding carboxylic acids is 1. The number of piperidine rings is 1. The largest absolute Gasteiger partial charge is 0.444 e. The Kier molecular flexibility index (Phi) is 7.13. The molecule has 1 unspecified atom stereocenters. The molecule has 136 valence electrons. The molecule has 23 heavy (non-hydrogen) atoms. The van der Waals surface area contributed by atoms with Crippen LogP contribution in [0.2, 0.25) is 0 Å². The molecule has 0 aromatic rings. The molecule has 1 aliphatic rings. The van der Waals surface area contributed by atoms with E-state index in [1.165, 1.54) is 4.90 Å². The van der Waals surface area contributed by atoms with Gasteiger partial charge in [0, 0.05) is 18.6 Å². The molecule has 1 saturated heterocycles. The molecule has 1 aliphatic heterocycles. The van der Waals surface area contributed by atoms with Gasteiger partial charge in [0.2, 0.25) is 0 Å². The van der Waals surface area contributed by atoms with Gasteiger partial charge >= 0.3 is 12.3 Å². The number of halogens is 3. The zero-order valence-electron chi connectivity index (χ0n) is 14.3. The molecule has 1 atom stereocenters. The molecular weight excluding hydrogens is 311 g/mol. The first-order valence-electron chi connectivity index (χ1n) is 7.96. The first-order valence-corrected chi connectivity index (χ1v) is 7.96. The van der Waals surface area contributed by atoms with Crippen LogP contribution in [0.1, 0.15) is 40.5 Å². The van der Waals surface area contributed by atoms with Gasteiger partial charge in [0.1, 0.15) is 5.60 Å². The third-order valence-corrected chi connectivity index (χ3v) is 3.47. The number of rotatable bonds is 5. The van der Waals surface area contributed by atoms with Crippen molar-refractivity contribution in [3.05, 3.63) is 0 Å². The molecule has 1 rings (SSSR count). The van der Waals surface area contributed by atoms with E-state index in [0.717, 1.165) is 0 Å². The average Bonchev–Trinajstić information content (AvgIpc) is 2.33. The van der Waals surface area contributed by atoms with Crippen molar-refractivity contribution in [1.82, 2.24) is 15.5 Å². The topological polar surface area (TPSA) is 53.6 Å². The van der Waals surface area contributed by atoms with E-state index in [-0.39, 0.29) is 12.1 Å². The first kappa shape index (κ1) is 20.0. The average molecular weight is 339 g/mol. The van der Waals surface area contributed by atoms with Crippen molar-refractivity contribution < 1.29 is 22.7 Å². The Hall–Kier alpha value is -1.02. The SMILES string of the molecule is CC(CNC1CCN(CC(F)(F)F)CC1)NC(=O)OC(C)(C)C. The standard InChI is InChI=1S/C15H28F3N3O2/c1-11(20-13(22)23-14(2,3)4)9-19-12-5-7-21(8-6-12)10-15(16,17)18/h11-12,19H,5-10H2,1-4H3,(H,20,22). The van der Waals surface area contributed by atoms with E-state index >= 15 is 0 Å².